The molecule has 0 aromatic heterocycles. The zero-order chi connectivity index (χ0) is 24.4. The largest absolute Gasteiger partial charge is 0.494 e. The van der Waals surface area contributed by atoms with E-state index in [1.807, 2.05) is 6.07 Å². The minimum Gasteiger partial charge on any atom is -0.494 e. The van der Waals surface area contributed by atoms with E-state index in [0.717, 1.165) is 30.2 Å². The van der Waals surface area contributed by atoms with Gasteiger partial charge >= 0.3 is 0 Å². The van der Waals surface area contributed by atoms with Gasteiger partial charge in [-0.2, -0.15) is 4.39 Å². The van der Waals surface area contributed by atoms with Gasteiger partial charge in [-0.3, -0.25) is 0 Å². The van der Waals surface area contributed by atoms with Gasteiger partial charge in [0.2, 0.25) is 5.82 Å². The van der Waals surface area contributed by atoms with Gasteiger partial charge in [-0.15, -0.1) is 0 Å². The molecule has 3 aromatic rings. The Bertz CT molecular complexity index is 1160. The second-order valence-corrected chi connectivity index (χ2v) is 10.3. The number of halogens is 3. The molecule has 0 aliphatic heterocycles. The van der Waals surface area contributed by atoms with Gasteiger partial charge in [0, 0.05) is 11.1 Å². The summed E-state index contributed by atoms with van der Waals surface area (Å²) in [5.41, 5.74) is 3.01. The highest BCUT2D eigenvalue weighted by atomic mass is 19.2. The monoisotopic (exact) mass is 478 g/mol. The van der Waals surface area contributed by atoms with E-state index in [2.05, 4.69) is 6.07 Å². The minimum absolute atomic E-state index is 0.132. The van der Waals surface area contributed by atoms with Gasteiger partial charge in [-0.1, -0.05) is 68.5 Å². The van der Waals surface area contributed by atoms with E-state index in [-0.39, 0.29) is 17.1 Å². The van der Waals surface area contributed by atoms with E-state index in [1.165, 1.54) is 64.2 Å². The SMILES string of the molecule is COc1ccc(-c2ccc(-c3ccc(C4CCC(C5CCCCC5)CC4)cc3F)cc2)c(F)c1F. The quantitative estimate of drug-likeness (QED) is 0.355. The molecule has 0 N–H and O–H groups in total. The summed E-state index contributed by atoms with van der Waals surface area (Å²) < 4.78 is 48.6. The van der Waals surface area contributed by atoms with Crippen LogP contribution >= 0.6 is 0 Å². The van der Waals surface area contributed by atoms with E-state index < -0.39 is 11.6 Å². The van der Waals surface area contributed by atoms with Crippen LogP contribution in [0.15, 0.2) is 54.6 Å². The third-order valence-corrected chi connectivity index (χ3v) is 8.33. The standard InChI is InChI=1S/C31H33F3O/c1-35-29-18-17-27(30(33)31(29)34)24-13-11-23(12-14-24)26-16-15-25(19-28(26)32)22-9-7-21(8-10-22)20-5-3-2-4-6-20/h11-22H,2-10H2,1H3. The second-order valence-electron chi connectivity index (χ2n) is 10.3. The van der Waals surface area contributed by atoms with Crippen LogP contribution in [-0.2, 0) is 0 Å². The number of hydrogen-bond acceptors (Lipinski definition) is 1. The molecule has 5 rings (SSSR count). The van der Waals surface area contributed by atoms with Crippen molar-refractivity contribution in [3.63, 3.8) is 0 Å². The van der Waals surface area contributed by atoms with Crippen LogP contribution in [0, 0.1) is 29.3 Å². The lowest BCUT2D eigenvalue weighted by Crippen LogP contribution is -2.23. The molecule has 2 aliphatic rings. The van der Waals surface area contributed by atoms with Crippen molar-refractivity contribution < 1.29 is 17.9 Å². The first-order valence-electron chi connectivity index (χ1n) is 13.0. The highest BCUT2D eigenvalue weighted by Crippen LogP contribution is 2.43. The highest BCUT2D eigenvalue weighted by Gasteiger charge is 2.29. The van der Waals surface area contributed by atoms with E-state index >= 15 is 4.39 Å². The number of ether oxygens (including phenoxy) is 1. The van der Waals surface area contributed by atoms with Crippen LogP contribution in [0.5, 0.6) is 5.75 Å². The van der Waals surface area contributed by atoms with Crippen molar-refractivity contribution in [2.75, 3.05) is 7.11 Å². The van der Waals surface area contributed by atoms with E-state index in [4.69, 9.17) is 4.74 Å². The molecule has 3 aromatic carbocycles. The average Bonchev–Trinajstić information content (AvgIpc) is 2.91. The van der Waals surface area contributed by atoms with Crippen molar-refractivity contribution in [2.24, 2.45) is 11.8 Å². The van der Waals surface area contributed by atoms with Gasteiger partial charge < -0.3 is 4.74 Å². The molecule has 0 saturated heterocycles. The lowest BCUT2D eigenvalue weighted by Gasteiger charge is -2.36. The summed E-state index contributed by atoms with van der Waals surface area (Å²) in [6.45, 7) is 0. The molecule has 35 heavy (non-hydrogen) atoms. The Kier molecular flexibility index (Phi) is 7.17. The smallest absolute Gasteiger partial charge is 0.201 e. The number of benzene rings is 3. The van der Waals surface area contributed by atoms with E-state index in [9.17, 15) is 8.78 Å². The second kappa shape index (κ2) is 10.5. The third kappa shape index (κ3) is 4.98. The summed E-state index contributed by atoms with van der Waals surface area (Å²) in [4.78, 5) is 0. The van der Waals surface area contributed by atoms with Crippen LogP contribution in [-0.4, -0.2) is 7.11 Å². The third-order valence-electron chi connectivity index (χ3n) is 8.33. The van der Waals surface area contributed by atoms with Gasteiger partial charge in [-0.05, 0) is 78.3 Å². The van der Waals surface area contributed by atoms with Gasteiger partial charge in [0.1, 0.15) is 5.82 Å². The van der Waals surface area contributed by atoms with Gasteiger partial charge in [-0.25, -0.2) is 8.78 Å². The Morgan fingerprint density at radius 3 is 1.86 bits per heavy atom. The zero-order valence-corrected chi connectivity index (χ0v) is 20.3. The minimum atomic E-state index is -1.01. The first kappa shape index (κ1) is 24.0. The van der Waals surface area contributed by atoms with E-state index in [0.29, 0.717) is 22.6 Å². The van der Waals surface area contributed by atoms with E-state index in [1.54, 1.807) is 30.3 Å². The molecule has 0 amide bonds. The molecule has 2 aliphatic carbocycles. The molecule has 0 radical (unpaired) electrons. The van der Waals surface area contributed by atoms with Crippen LogP contribution < -0.4 is 4.74 Å². The molecule has 4 heteroatoms. The Labute approximate surface area is 206 Å². The van der Waals surface area contributed by atoms with Crippen molar-refractivity contribution >= 4 is 0 Å². The Balaban J connectivity index is 1.28. The summed E-state index contributed by atoms with van der Waals surface area (Å²) in [6, 6.07) is 15.4. The molecule has 0 atom stereocenters. The summed E-state index contributed by atoms with van der Waals surface area (Å²) in [5.74, 6) is -0.116. The van der Waals surface area contributed by atoms with Crippen molar-refractivity contribution in [2.45, 2.75) is 63.7 Å². The predicted octanol–water partition coefficient (Wildman–Crippen LogP) is 9.30. The molecule has 1 nitrogen and oxygen atoms in total. The van der Waals surface area contributed by atoms with Gasteiger partial charge in [0.05, 0.1) is 7.11 Å². The van der Waals surface area contributed by atoms with Crippen molar-refractivity contribution in [1.82, 2.24) is 0 Å². The number of rotatable bonds is 5. The molecule has 184 valence electrons. The number of hydrogen-bond donors (Lipinski definition) is 0. The molecular formula is C31H33F3O. The van der Waals surface area contributed by atoms with Gasteiger partial charge in [0.15, 0.2) is 11.6 Å². The Hall–Kier alpha value is -2.75. The highest BCUT2D eigenvalue weighted by molar-refractivity contribution is 5.71. The summed E-state index contributed by atoms with van der Waals surface area (Å²) in [6.07, 6.45) is 11.8. The van der Waals surface area contributed by atoms with Crippen molar-refractivity contribution in [1.29, 1.82) is 0 Å². The maximum Gasteiger partial charge on any atom is 0.201 e. The fourth-order valence-electron chi connectivity index (χ4n) is 6.29. The first-order chi connectivity index (χ1) is 17.0. The molecule has 2 saturated carbocycles. The van der Waals surface area contributed by atoms with Crippen molar-refractivity contribution in [3.05, 3.63) is 77.6 Å². The van der Waals surface area contributed by atoms with Crippen LogP contribution in [0.4, 0.5) is 13.2 Å². The Morgan fingerprint density at radius 2 is 1.23 bits per heavy atom. The number of methoxy groups -OCH3 is 1. The summed E-state index contributed by atoms with van der Waals surface area (Å²) >= 11 is 0. The molecule has 0 spiro atoms. The molecule has 0 bridgehead atoms. The Morgan fingerprint density at radius 1 is 0.629 bits per heavy atom. The molecular weight excluding hydrogens is 445 g/mol. The predicted molar refractivity (Wildman–Crippen MR) is 135 cm³/mol. The van der Waals surface area contributed by atoms with Crippen LogP contribution in [0.25, 0.3) is 22.3 Å². The maximum absolute atomic E-state index is 15.2. The van der Waals surface area contributed by atoms with Crippen LogP contribution in [0.3, 0.4) is 0 Å². The lowest BCUT2D eigenvalue weighted by molar-refractivity contribution is 0.186. The van der Waals surface area contributed by atoms with Crippen LogP contribution in [0.1, 0.15) is 69.3 Å². The zero-order valence-electron chi connectivity index (χ0n) is 20.3. The molecule has 0 unspecified atom stereocenters. The normalized spacial score (nSPS) is 21.1. The lowest BCUT2D eigenvalue weighted by atomic mass is 9.70. The molecule has 0 heterocycles. The fourth-order valence-corrected chi connectivity index (χ4v) is 6.29. The first-order valence-corrected chi connectivity index (χ1v) is 13.0. The van der Waals surface area contributed by atoms with Crippen molar-refractivity contribution in [3.8, 4) is 28.0 Å². The topological polar surface area (TPSA) is 9.23 Å². The summed E-state index contributed by atoms with van der Waals surface area (Å²) in [7, 11) is 1.30. The molecule has 2 fully saturated rings. The fraction of sp³-hybridized carbons (Fsp3) is 0.419. The average molecular weight is 479 g/mol. The van der Waals surface area contributed by atoms with Gasteiger partial charge in [0.25, 0.3) is 0 Å². The summed E-state index contributed by atoms with van der Waals surface area (Å²) in [5, 5.41) is 0. The maximum atomic E-state index is 15.2. The van der Waals surface area contributed by atoms with Crippen LogP contribution in [0.2, 0.25) is 0 Å².